The third-order valence-corrected chi connectivity index (χ3v) is 6.42. The van der Waals surface area contributed by atoms with Crippen molar-refractivity contribution < 1.29 is 9.53 Å². The number of carbonyl (C=O) groups excluding carboxylic acids is 1. The summed E-state index contributed by atoms with van der Waals surface area (Å²) in [6.45, 7) is 8.10. The number of halogens is 2. The number of hydrogen-bond donors (Lipinski definition) is 1. The van der Waals surface area contributed by atoms with Gasteiger partial charge in [-0.15, -0.1) is 11.3 Å². The molecule has 2 aromatic carbocycles. The molecule has 0 aliphatic heterocycles. The normalized spacial score (nSPS) is 11.0. The van der Waals surface area contributed by atoms with E-state index >= 15 is 0 Å². The average molecular weight is 494 g/mol. The number of aryl methyl sites for hydroxylation is 2. The van der Waals surface area contributed by atoms with Crippen LogP contribution in [0, 0.1) is 13.8 Å². The summed E-state index contributed by atoms with van der Waals surface area (Å²) in [5.74, 6) is 0.776. The molecule has 4 nitrogen and oxygen atoms in total. The smallest absolute Gasteiger partial charge is 0.264 e. The highest BCUT2D eigenvalue weighted by molar-refractivity contribution is 9.10. The maximum atomic E-state index is 12.4. The molecule has 0 saturated carbocycles. The highest BCUT2D eigenvalue weighted by atomic mass is 79.9. The highest BCUT2D eigenvalue weighted by Gasteiger charge is 2.15. The molecule has 1 N–H and O–H groups in total. The predicted molar refractivity (Wildman–Crippen MR) is 124 cm³/mol. The molecule has 0 unspecified atom stereocenters. The van der Waals surface area contributed by atoms with E-state index in [1.165, 1.54) is 11.3 Å². The van der Waals surface area contributed by atoms with E-state index in [1.54, 1.807) is 0 Å². The fraction of sp³-hybridized carbons (Fsp3) is 0.273. The van der Waals surface area contributed by atoms with E-state index in [0.717, 1.165) is 37.5 Å². The number of carbonyl (C=O) groups is 1. The van der Waals surface area contributed by atoms with Gasteiger partial charge < -0.3 is 4.74 Å². The summed E-state index contributed by atoms with van der Waals surface area (Å²) < 4.78 is 6.87. The Kier molecular flexibility index (Phi) is 6.98. The average Bonchev–Trinajstić information content (AvgIpc) is 3.02. The van der Waals surface area contributed by atoms with Gasteiger partial charge in [-0.25, -0.2) is 4.98 Å². The fourth-order valence-corrected chi connectivity index (χ4v) is 4.21. The molecule has 0 atom stereocenters. The van der Waals surface area contributed by atoms with Gasteiger partial charge in [0.05, 0.1) is 5.69 Å². The monoisotopic (exact) mass is 492 g/mol. The van der Waals surface area contributed by atoms with Crippen LogP contribution >= 0.6 is 38.9 Å². The van der Waals surface area contributed by atoms with Crippen molar-refractivity contribution in [3.63, 3.8) is 0 Å². The molecule has 1 aromatic heterocycles. The second kappa shape index (κ2) is 9.28. The zero-order valence-electron chi connectivity index (χ0n) is 16.7. The van der Waals surface area contributed by atoms with Gasteiger partial charge in [0.1, 0.15) is 5.75 Å². The summed E-state index contributed by atoms with van der Waals surface area (Å²) in [4.78, 5) is 18.0. The Labute approximate surface area is 188 Å². The molecule has 1 heterocycles. The Balaban J connectivity index is 1.69. The third kappa shape index (κ3) is 5.38. The molecule has 0 saturated heterocycles. The minimum atomic E-state index is -0.239. The van der Waals surface area contributed by atoms with Crippen LogP contribution in [0.25, 0.3) is 11.3 Å². The summed E-state index contributed by atoms with van der Waals surface area (Å²) >= 11 is 10.9. The van der Waals surface area contributed by atoms with Gasteiger partial charge in [0.25, 0.3) is 5.91 Å². The Hall–Kier alpha value is -1.89. The van der Waals surface area contributed by atoms with E-state index in [2.05, 4.69) is 46.1 Å². The van der Waals surface area contributed by atoms with Gasteiger partial charge >= 0.3 is 0 Å². The first kappa shape index (κ1) is 21.8. The first-order valence-corrected chi connectivity index (χ1v) is 11.2. The zero-order valence-corrected chi connectivity index (χ0v) is 19.8. The molecule has 0 bridgehead atoms. The van der Waals surface area contributed by atoms with Gasteiger partial charge in [-0.05, 0) is 55.2 Å². The van der Waals surface area contributed by atoms with Gasteiger partial charge in [-0.1, -0.05) is 53.5 Å². The lowest BCUT2D eigenvalue weighted by molar-refractivity contribution is -0.118. The molecular weight excluding hydrogens is 472 g/mol. The van der Waals surface area contributed by atoms with Crippen LogP contribution in [-0.4, -0.2) is 17.5 Å². The van der Waals surface area contributed by atoms with E-state index in [0.29, 0.717) is 10.2 Å². The molecular formula is C22H22BrClN2O2S. The number of benzene rings is 2. The molecule has 1 amide bonds. The van der Waals surface area contributed by atoms with Crippen molar-refractivity contribution in [3.8, 4) is 17.0 Å². The van der Waals surface area contributed by atoms with Crippen LogP contribution in [0.4, 0.5) is 5.13 Å². The zero-order chi connectivity index (χ0) is 21.1. The number of aromatic nitrogens is 1. The second-order valence-electron chi connectivity index (χ2n) is 7.06. The van der Waals surface area contributed by atoms with Crippen LogP contribution in [0.2, 0.25) is 5.02 Å². The Morgan fingerprint density at radius 1 is 1.24 bits per heavy atom. The van der Waals surface area contributed by atoms with Crippen LogP contribution in [0.1, 0.15) is 35.8 Å². The number of ether oxygens (including phenoxy) is 1. The lowest BCUT2D eigenvalue weighted by Gasteiger charge is -2.15. The molecule has 0 radical (unpaired) electrons. The molecule has 0 aliphatic carbocycles. The van der Waals surface area contributed by atoms with E-state index in [9.17, 15) is 4.79 Å². The standard InChI is InChI=1S/C22H22BrClN2O2S/c1-12(2)17-10-18(23)13(3)9-19(17)28-11-20(27)25-22-26-21(14(4)29-22)15-5-7-16(24)8-6-15/h5-10,12H,11H2,1-4H3,(H,25,26,27). The summed E-state index contributed by atoms with van der Waals surface area (Å²) in [6, 6.07) is 11.5. The number of nitrogens with zero attached hydrogens (tertiary/aromatic N) is 1. The lowest BCUT2D eigenvalue weighted by atomic mass is 10.0. The molecule has 0 spiro atoms. The van der Waals surface area contributed by atoms with Gasteiger partial charge in [-0.3, -0.25) is 10.1 Å². The SMILES string of the molecule is Cc1cc(OCC(=O)Nc2nc(-c3ccc(Cl)cc3)c(C)s2)c(C(C)C)cc1Br. The Morgan fingerprint density at radius 3 is 2.59 bits per heavy atom. The van der Waals surface area contributed by atoms with Crippen LogP contribution in [0.15, 0.2) is 40.9 Å². The van der Waals surface area contributed by atoms with Gasteiger partial charge in [0.15, 0.2) is 11.7 Å². The van der Waals surface area contributed by atoms with Gasteiger partial charge in [0.2, 0.25) is 0 Å². The first-order chi connectivity index (χ1) is 13.7. The minimum Gasteiger partial charge on any atom is -0.483 e. The van der Waals surface area contributed by atoms with Crippen LogP contribution < -0.4 is 10.1 Å². The molecule has 29 heavy (non-hydrogen) atoms. The van der Waals surface area contributed by atoms with Gasteiger partial charge in [-0.2, -0.15) is 0 Å². The van der Waals surface area contributed by atoms with Crippen molar-refractivity contribution in [1.29, 1.82) is 0 Å². The maximum absolute atomic E-state index is 12.4. The second-order valence-corrected chi connectivity index (χ2v) is 9.56. The van der Waals surface area contributed by atoms with Crippen molar-refractivity contribution in [1.82, 2.24) is 4.98 Å². The number of amides is 1. The molecule has 152 valence electrons. The number of thiazole rings is 1. The number of hydrogen-bond acceptors (Lipinski definition) is 4. The van der Waals surface area contributed by atoms with Crippen molar-refractivity contribution in [2.45, 2.75) is 33.6 Å². The fourth-order valence-electron chi connectivity index (χ4n) is 2.87. The van der Waals surface area contributed by atoms with Crippen molar-refractivity contribution in [2.24, 2.45) is 0 Å². The molecule has 7 heteroatoms. The minimum absolute atomic E-state index is 0.0737. The van der Waals surface area contributed by atoms with Crippen LogP contribution in [-0.2, 0) is 4.79 Å². The summed E-state index contributed by atoms with van der Waals surface area (Å²) in [5.41, 5.74) is 3.93. The molecule has 0 fully saturated rings. The van der Waals surface area contributed by atoms with Crippen LogP contribution in [0.3, 0.4) is 0 Å². The van der Waals surface area contributed by atoms with E-state index < -0.39 is 0 Å². The Bertz CT molecular complexity index is 1030. The molecule has 3 aromatic rings. The van der Waals surface area contributed by atoms with Gasteiger partial charge in [0, 0.05) is 19.9 Å². The summed E-state index contributed by atoms with van der Waals surface area (Å²) in [5, 5.41) is 4.07. The van der Waals surface area contributed by atoms with E-state index in [1.807, 2.05) is 44.2 Å². The van der Waals surface area contributed by atoms with Crippen molar-refractivity contribution in [2.75, 3.05) is 11.9 Å². The maximum Gasteiger partial charge on any atom is 0.264 e. The quantitative estimate of drug-likeness (QED) is 0.403. The van der Waals surface area contributed by atoms with Crippen molar-refractivity contribution in [3.05, 3.63) is 61.9 Å². The third-order valence-electron chi connectivity index (χ3n) is 4.43. The number of rotatable bonds is 6. The van der Waals surface area contributed by atoms with Crippen molar-refractivity contribution >= 4 is 49.9 Å². The van der Waals surface area contributed by atoms with Crippen LogP contribution in [0.5, 0.6) is 5.75 Å². The molecule has 0 aliphatic rings. The topological polar surface area (TPSA) is 51.2 Å². The largest absolute Gasteiger partial charge is 0.483 e. The van der Waals surface area contributed by atoms with E-state index in [4.69, 9.17) is 16.3 Å². The Morgan fingerprint density at radius 2 is 1.93 bits per heavy atom. The van der Waals surface area contributed by atoms with E-state index in [-0.39, 0.29) is 18.4 Å². The number of anilines is 1. The number of nitrogens with one attached hydrogen (secondary N) is 1. The highest BCUT2D eigenvalue weighted by Crippen LogP contribution is 2.33. The molecule has 3 rings (SSSR count). The first-order valence-electron chi connectivity index (χ1n) is 9.20. The predicted octanol–water partition coefficient (Wildman–Crippen LogP) is 6.98. The summed E-state index contributed by atoms with van der Waals surface area (Å²) in [6.07, 6.45) is 0. The summed E-state index contributed by atoms with van der Waals surface area (Å²) in [7, 11) is 0. The lowest BCUT2D eigenvalue weighted by Crippen LogP contribution is -2.20.